The largest absolute Gasteiger partial charge is 0.325 e. The number of rotatable bonds is 5. The zero-order chi connectivity index (χ0) is 14.5. The van der Waals surface area contributed by atoms with Crippen molar-refractivity contribution >= 4 is 38.9 Å². The number of thiophene rings is 1. The summed E-state index contributed by atoms with van der Waals surface area (Å²) < 4.78 is 1.08. The van der Waals surface area contributed by atoms with Crippen molar-refractivity contribution in [3.05, 3.63) is 50.6 Å². The average molecular weight is 353 g/mol. The van der Waals surface area contributed by atoms with Gasteiger partial charge in [0.15, 0.2) is 0 Å². The highest BCUT2D eigenvalue weighted by atomic mass is 79.9. The van der Waals surface area contributed by atoms with Gasteiger partial charge in [-0.15, -0.1) is 11.3 Å². The molecule has 0 saturated heterocycles. The van der Waals surface area contributed by atoms with Crippen LogP contribution >= 0.6 is 27.3 Å². The Hall–Kier alpha value is -1.17. The van der Waals surface area contributed by atoms with Crippen molar-refractivity contribution in [2.75, 3.05) is 5.32 Å². The Balaban J connectivity index is 1.96. The third-order valence-corrected chi connectivity index (χ3v) is 4.44. The van der Waals surface area contributed by atoms with E-state index >= 15 is 0 Å². The van der Waals surface area contributed by atoms with E-state index in [0.29, 0.717) is 0 Å². The zero-order valence-electron chi connectivity index (χ0n) is 11.4. The van der Waals surface area contributed by atoms with Crippen LogP contribution in [-0.4, -0.2) is 5.91 Å². The number of nitrogens with one attached hydrogen (secondary N) is 2. The predicted octanol–water partition coefficient (Wildman–Crippen LogP) is 4.32. The molecule has 0 fully saturated rings. The second-order valence-electron chi connectivity index (χ2n) is 4.59. The fraction of sp³-hybridized carbons (Fsp3) is 0.267. The first kappa shape index (κ1) is 15.2. The Labute approximate surface area is 131 Å². The van der Waals surface area contributed by atoms with E-state index in [-0.39, 0.29) is 11.9 Å². The first-order valence-corrected chi connectivity index (χ1v) is 8.06. The summed E-state index contributed by atoms with van der Waals surface area (Å²) in [5.41, 5.74) is 2.14. The van der Waals surface area contributed by atoms with Crippen LogP contribution in [0.5, 0.6) is 0 Å². The van der Waals surface area contributed by atoms with Crippen molar-refractivity contribution in [3.63, 3.8) is 0 Å². The lowest BCUT2D eigenvalue weighted by Gasteiger charge is -2.14. The molecule has 20 heavy (non-hydrogen) atoms. The first-order valence-electron chi connectivity index (χ1n) is 6.39. The van der Waals surface area contributed by atoms with Crippen molar-refractivity contribution in [1.82, 2.24) is 5.32 Å². The van der Waals surface area contributed by atoms with Crippen LogP contribution in [-0.2, 0) is 11.3 Å². The summed E-state index contributed by atoms with van der Waals surface area (Å²) in [6.45, 7) is 4.40. The maximum atomic E-state index is 11.1. The molecule has 1 aromatic carbocycles. The summed E-state index contributed by atoms with van der Waals surface area (Å²) in [4.78, 5) is 12.3. The second kappa shape index (κ2) is 7.02. The maximum absolute atomic E-state index is 11.1. The van der Waals surface area contributed by atoms with Gasteiger partial charge in [-0.2, -0.15) is 0 Å². The molecule has 5 heteroatoms. The minimum absolute atomic E-state index is 0.0365. The quantitative estimate of drug-likeness (QED) is 0.841. The average Bonchev–Trinajstić information content (AvgIpc) is 2.83. The summed E-state index contributed by atoms with van der Waals surface area (Å²) in [5.74, 6) is -0.0365. The smallest absolute Gasteiger partial charge is 0.221 e. The molecule has 0 aliphatic rings. The van der Waals surface area contributed by atoms with Gasteiger partial charge < -0.3 is 10.6 Å². The molecule has 1 aromatic heterocycles. The molecule has 0 unspecified atom stereocenters. The fourth-order valence-corrected chi connectivity index (χ4v) is 2.94. The molecule has 0 spiro atoms. The van der Waals surface area contributed by atoms with E-state index in [1.807, 2.05) is 23.6 Å². The Bertz CT molecular complexity index is 580. The molecule has 0 radical (unpaired) electrons. The van der Waals surface area contributed by atoms with Gasteiger partial charge >= 0.3 is 0 Å². The molecule has 0 aliphatic carbocycles. The van der Waals surface area contributed by atoms with E-state index in [1.165, 1.54) is 12.5 Å². The van der Waals surface area contributed by atoms with Crippen molar-refractivity contribution in [3.8, 4) is 0 Å². The van der Waals surface area contributed by atoms with E-state index < -0.39 is 0 Å². The molecule has 1 amide bonds. The van der Waals surface area contributed by atoms with Crippen molar-refractivity contribution in [2.24, 2.45) is 0 Å². The number of halogens is 1. The zero-order valence-corrected chi connectivity index (χ0v) is 13.8. The first-order chi connectivity index (χ1) is 9.56. The third kappa shape index (κ3) is 4.16. The van der Waals surface area contributed by atoms with Gasteiger partial charge in [-0.05, 0) is 36.1 Å². The summed E-state index contributed by atoms with van der Waals surface area (Å²) in [5, 5.41) is 8.32. The Morgan fingerprint density at radius 1 is 1.30 bits per heavy atom. The van der Waals surface area contributed by atoms with Crippen molar-refractivity contribution < 1.29 is 4.79 Å². The van der Waals surface area contributed by atoms with Crippen LogP contribution in [0.4, 0.5) is 5.69 Å². The maximum Gasteiger partial charge on any atom is 0.221 e. The summed E-state index contributed by atoms with van der Waals surface area (Å²) >= 11 is 5.08. The van der Waals surface area contributed by atoms with Gasteiger partial charge in [0.2, 0.25) is 5.91 Å². The minimum atomic E-state index is -0.0365. The summed E-state index contributed by atoms with van der Waals surface area (Å²) in [7, 11) is 0. The van der Waals surface area contributed by atoms with E-state index in [4.69, 9.17) is 0 Å². The molecule has 106 valence electrons. The van der Waals surface area contributed by atoms with Crippen LogP contribution in [0.25, 0.3) is 0 Å². The molecular weight excluding hydrogens is 336 g/mol. The molecular formula is C15H17BrN2OS. The van der Waals surface area contributed by atoms with E-state index in [0.717, 1.165) is 21.6 Å². The van der Waals surface area contributed by atoms with Gasteiger partial charge in [-0.25, -0.2) is 0 Å². The number of carbonyl (C=O) groups excluding carboxylic acids is 1. The second-order valence-corrected chi connectivity index (χ2v) is 6.51. The van der Waals surface area contributed by atoms with Gasteiger partial charge in [-0.1, -0.05) is 28.1 Å². The highest BCUT2D eigenvalue weighted by Crippen LogP contribution is 2.23. The van der Waals surface area contributed by atoms with Crippen LogP contribution < -0.4 is 10.6 Å². The molecule has 2 N–H and O–H groups in total. The van der Waals surface area contributed by atoms with Crippen LogP contribution in [0.15, 0.2) is 40.2 Å². The normalized spacial score (nSPS) is 12.2. The van der Waals surface area contributed by atoms with Crippen molar-refractivity contribution in [1.29, 1.82) is 0 Å². The molecule has 1 atom stereocenters. The van der Waals surface area contributed by atoms with Crippen LogP contribution in [0.1, 0.15) is 30.3 Å². The van der Waals surface area contributed by atoms with Gasteiger partial charge in [0.1, 0.15) is 0 Å². The number of hydrogen-bond donors (Lipinski definition) is 2. The predicted molar refractivity (Wildman–Crippen MR) is 88.0 cm³/mol. The monoisotopic (exact) mass is 352 g/mol. The molecule has 1 heterocycles. The Morgan fingerprint density at radius 3 is 2.65 bits per heavy atom. The van der Waals surface area contributed by atoms with Gasteiger partial charge in [-0.3, -0.25) is 4.79 Å². The highest BCUT2D eigenvalue weighted by Gasteiger charge is 2.09. The standard InChI is InChI=1S/C15H17BrN2OS/c1-10(12-3-5-13(16)6-4-12)17-9-15-14(7-8-20-15)18-11(2)19/h3-8,10,17H,9H2,1-2H3,(H,18,19)/t10-/m0/s1. The van der Waals surface area contributed by atoms with E-state index in [9.17, 15) is 4.79 Å². The van der Waals surface area contributed by atoms with Crippen LogP contribution in [0, 0.1) is 0 Å². The van der Waals surface area contributed by atoms with Crippen molar-refractivity contribution in [2.45, 2.75) is 26.4 Å². The summed E-state index contributed by atoms with van der Waals surface area (Å²) in [6.07, 6.45) is 0. The fourth-order valence-electron chi connectivity index (χ4n) is 1.89. The van der Waals surface area contributed by atoms with E-state index in [2.05, 4.69) is 45.6 Å². The number of carbonyl (C=O) groups is 1. The highest BCUT2D eigenvalue weighted by molar-refractivity contribution is 9.10. The Kier molecular flexibility index (Phi) is 5.34. The SMILES string of the molecule is CC(=O)Nc1ccsc1CN[C@@H](C)c1ccc(Br)cc1. The Morgan fingerprint density at radius 2 is 2.00 bits per heavy atom. The number of benzene rings is 1. The third-order valence-electron chi connectivity index (χ3n) is 2.99. The molecule has 0 bridgehead atoms. The molecule has 3 nitrogen and oxygen atoms in total. The lowest BCUT2D eigenvalue weighted by molar-refractivity contribution is -0.114. The van der Waals surface area contributed by atoms with Gasteiger partial charge in [0.05, 0.1) is 5.69 Å². The lowest BCUT2D eigenvalue weighted by atomic mass is 10.1. The van der Waals surface area contributed by atoms with E-state index in [1.54, 1.807) is 11.3 Å². The van der Waals surface area contributed by atoms with Crippen LogP contribution in [0.2, 0.25) is 0 Å². The number of anilines is 1. The molecule has 0 aliphatic heterocycles. The molecule has 0 saturated carbocycles. The lowest BCUT2D eigenvalue weighted by Crippen LogP contribution is -2.18. The summed E-state index contributed by atoms with van der Waals surface area (Å²) in [6, 6.07) is 10.5. The topological polar surface area (TPSA) is 41.1 Å². The van der Waals surface area contributed by atoms with Crippen LogP contribution in [0.3, 0.4) is 0 Å². The van der Waals surface area contributed by atoms with Gasteiger partial charge in [0.25, 0.3) is 0 Å². The number of amides is 1. The minimum Gasteiger partial charge on any atom is -0.325 e. The number of hydrogen-bond acceptors (Lipinski definition) is 3. The van der Waals surface area contributed by atoms with Gasteiger partial charge in [0, 0.05) is 28.9 Å². The molecule has 2 rings (SSSR count). The molecule has 2 aromatic rings.